The molecule has 0 fully saturated rings. The molecule has 0 unspecified atom stereocenters. The first kappa shape index (κ1) is 10.4. The van der Waals surface area contributed by atoms with Gasteiger partial charge in [0.25, 0.3) is 0 Å². The highest BCUT2D eigenvalue weighted by molar-refractivity contribution is 6.35. The smallest absolute Gasteiger partial charge is 0.0777 e. The van der Waals surface area contributed by atoms with Gasteiger partial charge in [-0.25, -0.2) is 0 Å². The maximum atomic E-state index is 2.26. The SMILES string of the molecule is CCCBCCCc1ccccc1. The van der Waals surface area contributed by atoms with Crippen LogP contribution in [-0.2, 0) is 6.42 Å². The summed E-state index contributed by atoms with van der Waals surface area (Å²) in [5, 5.41) is 0. The summed E-state index contributed by atoms with van der Waals surface area (Å²) in [6, 6.07) is 10.8. The average molecular weight is 174 g/mol. The van der Waals surface area contributed by atoms with Crippen LogP contribution in [0.3, 0.4) is 0 Å². The zero-order valence-corrected chi connectivity index (χ0v) is 8.63. The lowest BCUT2D eigenvalue weighted by Crippen LogP contribution is -1.90. The Balaban J connectivity index is 2.07. The monoisotopic (exact) mass is 174 g/mol. The minimum absolute atomic E-state index is 1.25. The van der Waals surface area contributed by atoms with Crippen LogP contribution >= 0.6 is 0 Å². The second-order valence-electron chi connectivity index (χ2n) is 3.65. The molecule has 13 heavy (non-hydrogen) atoms. The summed E-state index contributed by atoms with van der Waals surface area (Å²) < 4.78 is 0. The lowest BCUT2D eigenvalue weighted by Gasteiger charge is -1.99. The molecule has 1 rings (SSSR count). The first-order valence-electron chi connectivity index (χ1n) is 5.47. The molecule has 1 aromatic carbocycles. The molecular weight excluding hydrogens is 155 g/mol. The highest BCUT2D eigenvalue weighted by Gasteiger charge is 1.92. The van der Waals surface area contributed by atoms with Crippen LogP contribution in [0.4, 0.5) is 0 Å². The summed E-state index contributed by atoms with van der Waals surface area (Å²) in [6.45, 7) is 2.26. The molecule has 0 nitrogen and oxygen atoms in total. The van der Waals surface area contributed by atoms with E-state index in [-0.39, 0.29) is 0 Å². The van der Waals surface area contributed by atoms with Crippen molar-refractivity contribution in [3.05, 3.63) is 35.9 Å². The molecule has 0 aliphatic rings. The molecule has 0 radical (unpaired) electrons. The number of hydrogen-bond acceptors (Lipinski definition) is 0. The molecule has 0 amide bonds. The van der Waals surface area contributed by atoms with Crippen molar-refractivity contribution in [2.24, 2.45) is 0 Å². The zero-order valence-electron chi connectivity index (χ0n) is 8.63. The van der Waals surface area contributed by atoms with E-state index in [1.165, 1.54) is 44.7 Å². The molecule has 0 aromatic heterocycles. The average Bonchev–Trinajstić information content (AvgIpc) is 2.19. The van der Waals surface area contributed by atoms with Crippen LogP contribution in [0.25, 0.3) is 0 Å². The van der Waals surface area contributed by atoms with Gasteiger partial charge in [-0.15, -0.1) is 0 Å². The van der Waals surface area contributed by atoms with E-state index in [9.17, 15) is 0 Å². The Bertz CT molecular complexity index is 206. The van der Waals surface area contributed by atoms with Gasteiger partial charge >= 0.3 is 0 Å². The second kappa shape index (κ2) is 6.76. The molecule has 1 heteroatoms. The normalized spacial score (nSPS) is 9.92. The van der Waals surface area contributed by atoms with Gasteiger partial charge in [-0.1, -0.05) is 62.7 Å². The molecule has 0 saturated heterocycles. The van der Waals surface area contributed by atoms with Crippen molar-refractivity contribution < 1.29 is 0 Å². The van der Waals surface area contributed by atoms with Crippen LogP contribution in [0, 0.1) is 0 Å². The van der Waals surface area contributed by atoms with Crippen LogP contribution in [0.15, 0.2) is 30.3 Å². The van der Waals surface area contributed by atoms with Crippen LogP contribution in [0.2, 0.25) is 12.6 Å². The molecule has 0 atom stereocenters. The summed E-state index contributed by atoms with van der Waals surface area (Å²) >= 11 is 0. The van der Waals surface area contributed by atoms with E-state index in [2.05, 4.69) is 37.3 Å². The van der Waals surface area contributed by atoms with E-state index in [1.807, 2.05) is 0 Å². The zero-order chi connectivity index (χ0) is 9.36. The van der Waals surface area contributed by atoms with Crippen molar-refractivity contribution in [2.45, 2.75) is 38.8 Å². The number of aryl methyl sites for hydroxylation is 1. The minimum Gasteiger partial charge on any atom is -0.0777 e. The Kier molecular flexibility index (Phi) is 5.39. The third-order valence-corrected chi connectivity index (χ3v) is 2.41. The summed E-state index contributed by atoms with van der Waals surface area (Å²) in [4.78, 5) is 0. The van der Waals surface area contributed by atoms with Gasteiger partial charge in [-0.2, -0.15) is 0 Å². The van der Waals surface area contributed by atoms with Gasteiger partial charge in [-0.05, 0) is 12.0 Å². The molecule has 0 bridgehead atoms. The number of benzene rings is 1. The van der Waals surface area contributed by atoms with Crippen molar-refractivity contribution in [3.8, 4) is 0 Å². The minimum atomic E-state index is 1.25. The molecule has 0 heterocycles. The predicted molar refractivity (Wildman–Crippen MR) is 61.8 cm³/mol. The van der Waals surface area contributed by atoms with Gasteiger partial charge in [0.15, 0.2) is 0 Å². The van der Waals surface area contributed by atoms with Gasteiger partial charge in [0.05, 0.1) is 0 Å². The molecule has 70 valence electrons. The highest BCUT2D eigenvalue weighted by atomic mass is 13.9. The van der Waals surface area contributed by atoms with Gasteiger partial charge in [-0.3, -0.25) is 0 Å². The lowest BCUT2D eigenvalue weighted by molar-refractivity contribution is 0.907. The quantitative estimate of drug-likeness (QED) is 0.458. The largest absolute Gasteiger partial charge is 0.120 e. The Hall–Kier alpha value is -0.715. The maximum Gasteiger partial charge on any atom is 0.120 e. The van der Waals surface area contributed by atoms with Crippen LogP contribution in [-0.4, -0.2) is 7.28 Å². The van der Waals surface area contributed by atoms with E-state index < -0.39 is 0 Å². The van der Waals surface area contributed by atoms with E-state index >= 15 is 0 Å². The van der Waals surface area contributed by atoms with Crippen molar-refractivity contribution in [3.63, 3.8) is 0 Å². The molecule has 0 aliphatic heterocycles. The maximum absolute atomic E-state index is 2.26. The molecule has 0 saturated carbocycles. The Morgan fingerprint density at radius 2 is 1.85 bits per heavy atom. The van der Waals surface area contributed by atoms with Crippen molar-refractivity contribution in [2.75, 3.05) is 0 Å². The van der Waals surface area contributed by atoms with Crippen molar-refractivity contribution >= 4 is 7.28 Å². The standard InChI is InChI=1S/C12H19B/c1-2-10-13-11-6-9-12-7-4-3-5-8-12/h3-5,7-8,13H,2,6,9-11H2,1H3. The van der Waals surface area contributed by atoms with Gasteiger partial charge in [0.1, 0.15) is 7.28 Å². The fraction of sp³-hybridized carbons (Fsp3) is 0.500. The van der Waals surface area contributed by atoms with E-state index in [0.717, 1.165) is 0 Å². The summed E-state index contributed by atoms with van der Waals surface area (Å²) in [5.74, 6) is 0. The molecule has 0 N–H and O–H groups in total. The van der Waals surface area contributed by atoms with Gasteiger partial charge in [0, 0.05) is 0 Å². The first-order valence-corrected chi connectivity index (χ1v) is 5.47. The van der Waals surface area contributed by atoms with Crippen LogP contribution in [0.1, 0.15) is 25.3 Å². The lowest BCUT2D eigenvalue weighted by atomic mass is 9.69. The Labute approximate surface area is 82.6 Å². The van der Waals surface area contributed by atoms with Gasteiger partial charge < -0.3 is 0 Å². The van der Waals surface area contributed by atoms with E-state index in [0.29, 0.717) is 0 Å². The fourth-order valence-electron chi connectivity index (χ4n) is 1.58. The topological polar surface area (TPSA) is 0 Å². The third kappa shape index (κ3) is 4.77. The van der Waals surface area contributed by atoms with Gasteiger partial charge in [0.2, 0.25) is 0 Å². The third-order valence-electron chi connectivity index (χ3n) is 2.41. The second-order valence-corrected chi connectivity index (χ2v) is 3.65. The van der Waals surface area contributed by atoms with Crippen molar-refractivity contribution in [1.82, 2.24) is 0 Å². The summed E-state index contributed by atoms with van der Waals surface area (Å²) in [6.07, 6.45) is 6.73. The molecular formula is C12H19B. The molecule has 0 aliphatic carbocycles. The Morgan fingerprint density at radius 3 is 2.54 bits per heavy atom. The van der Waals surface area contributed by atoms with Crippen LogP contribution < -0.4 is 0 Å². The summed E-state index contributed by atoms with van der Waals surface area (Å²) in [5.41, 5.74) is 1.49. The van der Waals surface area contributed by atoms with E-state index in [1.54, 1.807) is 0 Å². The van der Waals surface area contributed by atoms with E-state index in [4.69, 9.17) is 0 Å². The highest BCUT2D eigenvalue weighted by Crippen LogP contribution is 2.05. The number of hydrogen-bond donors (Lipinski definition) is 0. The van der Waals surface area contributed by atoms with Crippen molar-refractivity contribution in [1.29, 1.82) is 0 Å². The molecule has 0 spiro atoms. The predicted octanol–water partition coefficient (Wildman–Crippen LogP) is 3.30. The Morgan fingerprint density at radius 1 is 1.08 bits per heavy atom. The van der Waals surface area contributed by atoms with Crippen LogP contribution in [0.5, 0.6) is 0 Å². The summed E-state index contributed by atoms with van der Waals surface area (Å²) in [7, 11) is 1.41. The number of rotatable bonds is 6. The fourth-order valence-corrected chi connectivity index (χ4v) is 1.58. The first-order chi connectivity index (χ1) is 6.43. The molecule has 1 aromatic rings.